The Morgan fingerprint density at radius 1 is 1.32 bits per heavy atom. The van der Waals surface area contributed by atoms with E-state index < -0.39 is 21.2 Å². The summed E-state index contributed by atoms with van der Waals surface area (Å²) in [5.41, 5.74) is 7.18. The first-order valence-electron chi connectivity index (χ1n) is 8.89. The summed E-state index contributed by atoms with van der Waals surface area (Å²) in [6.07, 6.45) is 16.2. The van der Waals surface area contributed by atoms with E-state index in [1.165, 1.54) is 18.4 Å². The first kappa shape index (κ1) is 20.0. The molecule has 0 aromatic carbocycles. The number of aliphatic imine (C=N–C) groups is 1. The second-order valence-electron chi connectivity index (χ2n) is 6.69. The van der Waals surface area contributed by atoms with Crippen LogP contribution in [-0.2, 0) is 10.0 Å². The summed E-state index contributed by atoms with van der Waals surface area (Å²) >= 11 is 0. The number of nitrogens with zero attached hydrogens (tertiary/aromatic N) is 4. The Morgan fingerprint density at radius 3 is 2.75 bits per heavy atom. The highest BCUT2D eigenvalue weighted by molar-refractivity contribution is 7.89. The van der Waals surface area contributed by atoms with Crippen LogP contribution in [0.25, 0.3) is 5.70 Å². The average molecular weight is 401 g/mol. The molecule has 0 aliphatic heterocycles. The standard InChI is InChI=1S/C19H23N5O3S/c1-23(2)28(26,27)16-11-9-14(10-12-16)21-19-17(18(20)25)13-24(22-19)15-7-5-3-4-6-8-15/h3-5,7-9,11,13,16H,6,10,12H2,1-2H3,(H2,20,25). The maximum absolute atomic E-state index is 12.2. The van der Waals surface area contributed by atoms with Crippen molar-refractivity contribution >= 4 is 33.2 Å². The Hall–Kier alpha value is -2.78. The summed E-state index contributed by atoms with van der Waals surface area (Å²) in [4.78, 5) is 16.3. The van der Waals surface area contributed by atoms with Gasteiger partial charge in [0.15, 0.2) is 5.82 Å². The first-order valence-corrected chi connectivity index (χ1v) is 10.4. The quantitative estimate of drug-likeness (QED) is 0.813. The smallest absolute Gasteiger partial charge is 0.254 e. The van der Waals surface area contributed by atoms with E-state index in [-0.39, 0.29) is 11.4 Å². The summed E-state index contributed by atoms with van der Waals surface area (Å²) < 4.78 is 27.3. The Morgan fingerprint density at radius 2 is 2.11 bits per heavy atom. The van der Waals surface area contributed by atoms with Gasteiger partial charge in [-0.05, 0) is 31.4 Å². The molecule has 148 valence electrons. The van der Waals surface area contributed by atoms with Crippen molar-refractivity contribution in [2.45, 2.75) is 24.5 Å². The lowest BCUT2D eigenvalue weighted by molar-refractivity contribution is 0.100. The zero-order valence-corrected chi connectivity index (χ0v) is 16.6. The molecule has 0 saturated heterocycles. The van der Waals surface area contributed by atoms with Gasteiger partial charge >= 0.3 is 0 Å². The SMILES string of the molecule is CN(C)S(=O)(=O)C1C=CC(=Nc2nn(C3=CCC=CC=C3)cc2C(N)=O)CC1. The van der Waals surface area contributed by atoms with Crippen molar-refractivity contribution in [2.75, 3.05) is 14.1 Å². The lowest BCUT2D eigenvalue weighted by atomic mass is 10.1. The third kappa shape index (κ3) is 4.20. The number of carbonyl (C=O) groups is 1. The number of carbonyl (C=O) groups excluding carboxylic acids is 1. The molecule has 9 heteroatoms. The summed E-state index contributed by atoms with van der Waals surface area (Å²) in [5, 5.41) is 3.83. The van der Waals surface area contributed by atoms with Gasteiger partial charge in [0, 0.05) is 26.0 Å². The van der Waals surface area contributed by atoms with Gasteiger partial charge in [-0.15, -0.1) is 5.10 Å². The number of hydrogen-bond acceptors (Lipinski definition) is 5. The van der Waals surface area contributed by atoms with E-state index in [0.717, 1.165) is 12.1 Å². The average Bonchev–Trinajstić information content (AvgIpc) is 2.88. The van der Waals surface area contributed by atoms with Crippen LogP contribution in [0.2, 0.25) is 0 Å². The molecular weight excluding hydrogens is 378 g/mol. The van der Waals surface area contributed by atoms with E-state index in [1.54, 1.807) is 23.0 Å². The van der Waals surface area contributed by atoms with Crippen molar-refractivity contribution in [2.24, 2.45) is 10.7 Å². The number of aromatic nitrogens is 2. The number of rotatable bonds is 5. The lowest BCUT2D eigenvalue weighted by Crippen LogP contribution is -2.34. The largest absolute Gasteiger partial charge is 0.365 e. The molecule has 0 fully saturated rings. The molecule has 1 aromatic heterocycles. The van der Waals surface area contributed by atoms with Crippen molar-refractivity contribution in [1.82, 2.24) is 14.1 Å². The summed E-state index contributed by atoms with van der Waals surface area (Å²) in [6.45, 7) is 0. The molecule has 1 aromatic rings. The van der Waals surface area contributed by atoms with Crippen LogP contribution in [-0.4, -0.2) is 53.5 Å². The molecule has 1 unspecified atom stereocenters. The maximum atomic E-state index is 12.2. The summed E-state index contributed by atoms with van der Waals surface area (Å²) in [7, 11) is -0.318. The van der Waals surface area contributed by atoms with Crippen molar-refractivity contribution in [3.05, 3.63) is 54.3 Å². The summed E-state index contributed by atoms with van der Waals surface area (Å²) in [6, 6.07) is 0. The third-order valence-electron chi connectivity index (χ3n) is 4.53. The van der Waals surface area contributed by atoms with Crippen LogP contribution in [0.4, 0.5) is 5.82 Å². The zero-order valence-electron chi connectivity index (χ0n) is 15.8. The Kier molecular flexibility index (Phi) is 5.76. The van der Waals surface area contributed by atoms with Crippen LogP contribution in [0.5, 0.6) is 0 Å². The van der Waals surface area contributed by atoms with Gasteiger partial charge in [0.2, 0.25) is 10.0 Å². The van der Waals surface area contributed by atoms with E-state index >= 15 is 0 Å². The van der Waals surface area contributed by atoms with Gasteiger partial charge in [-0.1, -0.05) is 30.4 Å². The molecule has 2 aliphatic rings. The third-order valence-corrected chi connectivity index (χ3v) is 6.71. The highest BCUT2D eigenvalue weighted by Crippen LogP contribution is 2.24. The molecule has 0 saturated carbocycles. The Balaban J connectivity index is 1.90. The molecule has 1 heterocycles. The Bertz CT molecular complexity index is 1030. The van der Waals surface area contributed by atoms with Crippen LogP contribution in [0.15, 0.2) is 53.7 Å². The van der Waals surface area contributed by atoms with Crippen LogP contribution in [0, 0.1) is 0 Å². The number of hydrogen-bond donors (Lipinski definition) is 1. The predicted octanol–water partition coefficient (Wildman–Crippen LogP) is 2.02. The number of sulfonamides is 1. The minimum absolute atomic E-state index is 0.218. The number of nitrogens with two attached hydrogens (primary N) is 1. The van der Waals surface area contributed by atoms with Crippen LogP contribution >= 0.6 is 0 Å². The van der Waals surface area contributed by atoms with E-state index in [4.69, 9.17) is 5.73 Å². The second kappa shape index (κ2) is 8.07. The minimum Gasteiger partial charge on any atom is -0.365 e. The fourth-order valence-corrected chi connectivity index (χ4v) is 4.16. The molecule has 1 amide bonds. The minimum atomic E-state index is -3.36. The van der Waals surface area contributed by atoms with Crippen LogP contribution in [0.1, 0.15) is 29.6 Å². The molecule has 1 atom stereocenters. The monoisotopic (exact) mass is 401 g/mol. The molecule has 0 spiro atoms. The lowest BCUT2D eigenvalue weighted by Gasteiger charge is -2.21. The van der Waals surface area contributed by atoms with Gasteiger partial charge in [0.25, 0.3) is 5.91 Å². The van der Waals surface area contributed by atoms with Crippen LogP contribution < -0.4 is 5.73 Å². The first-order chi connectivity index (χ1) is 13.3. The predicted molar refractivity (Wildman–Crippen MR) is 110 cm³/mol. The topological polar surface area (TPSA) is 111 Å². The Labute approximate surface area is 164 Å². The molecule has 0 bridgehead atoms. The van der Waals surface area contributed by atoms with Crippen molar-refractivity contribution < 1.29 is 13.2 Å². The van der Waals surface area contributed by atoms with Crippen molar-refractivity contribution in [1.29, 1.82) is 0 Å². The van der Waals surface area contributed by atoms with Crippen LogP contribution in [0.3, 0.4) is 0 Å². The molecule has 8 nitrogen and oxygen atoms in total. The van der Waals surface area contributed by atoms with Crippen molar-refractivity contribution in [3.63, 3.8) is 0 Å². The maximum Gasteiger partial charge on any atom is 0.254 e. The second-order valence-corrected chi connectivity index (χ2v) is 9.06. The normalized spacial score (nSPS) is 21.2. The molecule has 3 rings (SSSR count). The van der Waals surface area contributed by atoms with Crippen molar-refractivity contribution in [3.8, 4) is 0 Å². The highest BCUT2D eigenvalue weighted by atomic mass is 32.2. The summed E-state index contributed by atoms with van der Waals surface area (Å²) in [5.74, 6) is -0.387. The highest BCUT2D eigenvalue weighted by Gasteiger charge is 2.28. The zero-order chi connectivity index (χ0) is 20.3. The van der Waals surface area contributed by atoms with E-state index in [1.807, 2.05) is 30.4 Å². The van der Waals surface area contributed by atoms with Gasteiger partial charge in [-0.25, -0.2) is 22.4 Å². The van der Waals surface area contributed by atoms with Gasteiger partial charge in [0.1, 0.15) is 5.56 Å². The number of amides is 1. The molecule has 28 heavy (non-hydrogen) atoms. The van der Waals surface area contributed by atoms with Gasteiger partial charge in [0.05, 0.1) is 10.9 Å². The molecule has 2 aliphatic carbocycles. The number of primary amides is 1. The van der Waals surface area contributed by atoms with Gasteiger partial charge in [-0.2, -0.15) is 0 Å². The number of allylic oxidation sites excluding steroid dienone is 7. The molecule has 2 N–H and O–H groups in total. The molecule has 0 radical (unpaired) electrons. The van der Waals surface area contributed by atoms with Gasteiger partial charge < -0.3 is 5.73 Å². The fraction of sp³-hybridized carbons (Fsp3) is 0.316. The fourth-order valence-electron chi connectivity index (χ4n) is 2.93. The van der Waals surface area contributed by atoms with E-state index in [0.29, 0.717) is 18.6 Å². The van der Waals surface area contributed by atoms with Gasteiger partial charge in [-0.3, -0.25) is 4.79 Å². The molecular formula is C19H23N5O3S. The van der Waals surface area contributed by atoms with E-state index in [9.17, 15) is 13.2 Å². The van der Waals surface area contributed by atoms with E-state index in [2.05, 4.69) is 10.1 Å².